The zero-order valence-corrected chi connectivity index (χ0v) is 12.8. The molecule has 106 valence electrons. The Morgan fingerprint density at radius 2 is 2.00 bits per heavy atom. The van der Waals surface area contributed by atoms with E-state index in [9.17, 15) is 5.11 Å². The number of rotatable bonds is 3. The average Bonchev–Trinajstić information content (AvgIpc) is 2.37. The summed E-state index contributed by atoms with van der Waals surface area (Å²) >= 11 is 11.9. The number of piperazine rings is 1. The molecule has 1 saturated heterocycles. The van der Waals surface area contributed by atoms with Gasteiger partial charge in [0.25, 0.3) is 0 Å². The summed E-state index contributed by atoms with van der Waals surface area (Å²) in [6, 6.07) is 5.69. The van der Waals surface area contributed by atoms with Gasteiger partial charge in [-0.15, -0.1) is 0 Å². The maximum atomic E-state index is 10.3. The van der Waals surface area contributed by atoms with Crippen LogP contribution in [0.25, 0.3) is 0 Å². The van der Waals surface area contributed by atoms with Gasteiger partial charge >= 0.3 is 0 Å². The number of hydrogen-bond donors (Lipinski definition) is 1. The molecule has 2 rings (SSSR count). The van der Waals surface area contributed by atoms with E-state index in [1.54, 1.807) is 12.1 Å². The first-order valence-electron chi connectivity index (χ1n) is 6.49. The Balaban J connectivity index is 2.03. The van der Waals surface area contributed by atoms with E-state index >= 15 is 0 Å². The fourth-order valence-corrected chi connectivity index (χ4v) is 2.78. The lowest BCUT2D eigenvalue weighted by molar-refractivity contribution is 0.0635. The summed E-state index contributed by atoms with van der Waals surface area (Å²) in [6.45, 7) is 3.10. The van der Waals surface area contributed by atoms with Crippen LogP contribution in [0.1, 0.15) is 18.1 Å². The molecule has 1 aromatic carbocycles. The summed E-state index contributed by atoms with van der Waals surface area (Å²) in [4.78, 5) is 4.60. The highest BCUT2D eigenvalue weighted by atomic mass is 35.5. The lowest BCUT2D eigenvalue weighted by atomic mass is 9.99. The van der Waals surface area contributed by atoms with Crippen molar-refractivity contribution >= 4 is 23.2 Å². The fraction of sp³-hybridized carbons (Fsp3) is 0.571. The third-order valence-electron chi connectivity index (χ3n) is 3.80. The maximum Gasteiger partial charge on any atom is 0.0806 e. The van der Waals surface area contributed by atoms with E-state index in [1.807, 2.05) is 6.07 Å². The first-order chi connectivity index (χ1) is 8.97. The molecule has 0 radical (unpaired) electrons. The zero-order valence-electron chi connectivity index (χ0n) is 11.3. The van der Waals surface area contributed by atoms with E-state index < -0.39 is 6.10 Å². The predicted molar refractivity (Wildman–Crippen MR) is 80.0 cm³/mol. The summed E-state index contributed by atoms with van der Waals surface area (Å²) in [5.74, 6) is 0. The molecule has 0 bridgehead atoms. The summed E-state index contributed by atoms with van der Waals surface area (Å²) in [7, 11) is 4.23. The molecule has 2 unspecified atom stereocenters. The molecule has 0 aliphatic carbocycles. The van der Waals surface area contributed by atoms with Crippen molar-refractivity contribution in [2.24, 2.45) is 0 Å². The third kappa shape index (κ3) is 3.83. The van der Waals surface area contributed by atoms with Crippen LogP contribution in [0, 0.1) is 0 Å². The molecule has 1 aliphatic heterocycles. The van der Waals surface area contributed by atoms with Crippen LogP contribution < -0.4 is 0 Å². The molecule has 1 aliphatic rings. The Morgan fingerprint density at radius 1 is 1.26 bits per heavy atom. The number of hydrogen-bond acceptors (Lipinski definition) is 3. The van der Waals surface area contributed by atoms with E-state index in [-0.39, 0.29) is 0 Å². The van der Waals surface area contributed by atoms with E-state index in [0.717, 1.165) is 25.2 Å². The Labute approximate surface area is 124 Å². The second kappa shape index (κ2) is 6.42. The van der Waals surface area contributed by atoms with Gasteiger partial charge in [-0.05, 0) is 38.2 Å². The number of nitrogens with zero attached hydrogens (tertiary/aromatic N) is 2. The Morgan fingerprint density at radius 3 is 2.68 bits per heavy atom. The molecule has 3 nitrogen and oxygen atoms in total. The summed E-state index contributed by atoms with van der Waals surface area (Å²) in [6.07, 6.45) is 0.201. The summed E-state index contributed by atoms with van der Waals surface area (Å²) in [5, 5.41) is 11.4. The number of aliphatic hydroxyl groups is 1. The zero-order chi connectivity index (χ0) is 14.0. The Bertz CT molecular complexity index is 441. The van der Waals surface area contributed by atoms with Crippen molar-refractivity contribution in [2.75, 3.05) is 33.7 Å². The van der Waals surface area contributed by atoms with Crippen molar-refractivity contribution in [3.63, 3.8) is 0 Å². The number of halogens is 2. The lowest BCUT2D eigenvalue weighted by Crippen LogP contribution is -2.50. The van der Waals surface area contributed by atoms with Crippen LogP contribution in [-0.4, -0.2) is 54.7 Å². The second-order valence-corrected chi connectivity index (χ2v) is 6.14. The highest BCUT2D eigenvalue weighted by molar-refractivity contribution is 6.42. The van der Waals surface area contributed by atoms with E-state index in [2.05, 4.69) is 23.9 Å². The molecular formula is C14H20Cl2N2O. The molecule has 1 fully saturated rings. The van der Waals surface area contributed by atoms with Gasteiger partial charge in [-0.2, -0.15) is 0 Å². The Hall–Kier alpha value is -0.320. The monoisotopic (exact) mass is 302 g/mol. The second-order valence-electron chi connectivity index (χ2n) is 5.32. The van der Waals surface area contributed by atoms with Gasteiger partial charge in [0.2, 0.25) is 0 Å². The number of aliphatic hydroxyl groups excluding tert-OH is 1. The molecule has 19 heavy (non-hydrogen) atoms. The molecule has 1 aromatic rings. The lowest BCUT2D eigenvalue weighted by Gasteiger charge is -2.38. The van der Waals surface area contributed by atoms with Crippen LogP contribution >= 0.6 is 23.2 Å². The number of benzene rings is 1. The molecule has 1 heterocycles. The van der Waals surface area contributed by atoms with Gasteiger partial charge in [-0.1, -0.05) is 29.3 Å². The summed E-state index contributed by atoms with van der Waals surface area (Å²) < 4.78 is 0. The van der Waals surface area contributed by atoms with Crippen LogP contribution in [0.5, 0.6) is 0 Å². The molecular weight excluding hydrogens is 283 g/mol. The molecule has 0 aromatic heterocycles. The van der Waals surface area contributed by atoms with Crippen molar-refractivity contribution in [1.82, 2.24) is 9.80 Å². The minimum Gasteiger partial charge on any atom is -0.388 e. The van der Waals surface area contributed by atoms with Gasteiger partial charge in [-0.25, -0.2) is 0 Å². The van der Waals surface area contributed by atoms with Crippen molar-refractivity contribution in [3.8, 4) is 0 Å². The maximum absolute atomic E-state index is 10.3. The smallest absolute Gasteiger partial charge is 0.0806 e. The standard InChI is InChI=1S/C14H20Cl2N2O/c1-17-5-6-18(2)11(9-17)8-14(19)10-3-4-12(15)13(16)7-10/h3-4,7,11,14,19H,5-6,8-9H2,1-2H3. The van der Waals surface area contributed by atoms with Gasteiger partial charge in [0, 0.05) is 25.7 Å². The SMILES string of the molecule is CN1CCN(C)C(CC(O)c2ccc(Cl)c(Cl)c2)C1. The average molecular weight is 303 g/mol. The number of likely N-dealkylation sites (N-methyl/N-ethyl adjacent to an activating group) is 2. The predicted octanol–water partition coefficient (Wildman–Crippen LogP) is 2.66. The normalized spacial score (nSPS) is 23.5. The van der Waals surface area contributed by atoms with Crippen molar-refractivity contribution in [2.45, 2.75) is 18.6 Å². The molecule has 2 atom stereocenters. The van der Waals surface area contributed by atoms with Crippen LogP contribution in [-0.2, 0) is 0 Å². The van der Waals surface area contributed by atoms with Crippen LogP contribution in [0.4, 0.5) is 0 Å². The first kappa shape index (κ1) is 15.1. The molecule has 0 amide bonds. The summed E-state index contributed by atoms with van der Waals surface area (Å²) in [5.41, 5.74) is 0.830. The van der Waals surface area contributed by atoms with Gasteiger partial charge in [0.05, 0.1) is 16.1 Å². The first-order valence-corrected chi connectivity index (χ1v) is 7.24. The topological polar surface area (TPSA) is 26.7 Å². The van der Waals surface area contributed by atoms with Gasteiger partial charge in [-0.3, -0.25) is 0 Å². The van der Waals surface area contributed by atoms with Crippen molar-refractivity contribution < 1.29 is 5.11 Å². The fourth-order valence-electron chi connectivity index (χ4n) is 2.47. The van der Waals surface area contributed by atoms with Crippen LogP contribution in [0.15, 0.2) is 18.2 Å². The van der Waals surface area contributed by atoms with E-state index in [1.165, 1.54) is 0 Å². The largest absolute Gasteiger partial charge is 0.388 e. The third-order valence-corrected chi connectivity index (χ3v) is 4.54. The highest BCUT2D eigenvalue weighted by Crippen LogP contribution is 2.28. The highest BCUT2D eigenvalue weighted by Gasteiger charge is 2.25. The van der Waals surface area contributed by atoms with Crippen molar-refractivity contribution in [3.05, 3.63) is 33.8 Å². The van der Waals surface area contributed by atoms with Gasteiger partial charge < -0.3 is 14.9 Å². The van der Waals surface area contributed by atoms with Gasteiger partial charge in [0.1, 0.15) is 0 Å². The Kier molecular flexibility index (Phi) is 5.09. The quantitative estimate of drug-likeness (QED) is 0.930. The van der Waals surface area contributed by atoms with Crippen LogP contribution in [0.3, 0.4) is 0 Å². The molecule has 0 saturated carbocycles. The minimum absolute atomic E-state index is 0.364. The van der Waals surface area contributed by atoms with E-state index in [4.69, 9.17) is 23.2 Å². The van der Waals surface area contributed by atoms with E-state index in [0.29, 0.717) is 22.5 Å². The van der Waals surface area contributed by atoms with Crippen LogP contribution in [0.2, 0.25) is 10.0 Å². The molecule has 0 spiro atoms. The van der Waals surface area contributed by atoms with Crippen molar-refractivity contribution in [1.29, 1.82) is 0 Å². The molecule has 1 N–H and O–H groups in total. The molecule has 5 heteroatoms. The minimum atomic E-state index is -0.506. The van der Waals surface area contributed by atoms with Gasteiger partial charge in [0.15, 0.2) is 0 Å².